The molecular formula is C20H27FIN3O. The molecule has 26 heavy (non-hydrogen) atoms. The molecule has 0 saturated carbocycles. The van der Waals surface area contributed by atoms with E-state index in [1.54, 1.807) is 19.1 Å². The first-order valence-corrected chi connectivity index (χ1v) is 8.47. The second-order valence-electron chi connectivity index (χ2n) is 6.54. The number of benzene rings is 2. The second-order valence-corrected chi connectivity index (χ2v) is 6.54. The third-order valence-corrected chi connectivity index (χ3v) is 4.39. The first-order chi connectivity index (χ1) is 11.8. The molecule has 0 spiro atoms. The van der Waals surface area contributed by atoms with Crippen LogP contribution in [0.2, 0.25) is 0 Å². The standard InChI is InChI=1S/C20H26FN3O.HI/c1-4-14(2)15-5-11-18(12-6-15)24-19(22)23-13-20(3,25)16-7-9-17(21)10-8-16;/h5-12,14,25H,4,13H2,1-3H3,(H3,22,23,24);1H. The van der Waals surface area contributed by atoms with Crippen molar-refractivity contribution < 1.29 is 9.50 Å². The zero-order valence-electron chi connectivity index (χ0n) is 15.4. The van der Waals surface area contributed by atoms with Gasteiger partial charge < -0.3 is 16.2 Å². The number of halogens is 2. The maximum absolute atomic E-state index is 13.0. The van der Waals surface area contributed by atoms with Crippen molar-refractivity contribution in [2.45, 2.75) is 38.7 Å². The van der Waals surface area contributed by atoms with E-state index in [4.69, 9.17) is 5.73 Å². The van der Waals surface area contributed by atoms with Crippen LogP contribution in [0.3, 0.4) is 0 Å². The number of rotatable bonds is 6. The van der Waals surface area contributed by atoms with Crippen LogP contribution in [-0.4, -0.2) is 17.6 Å². The van der Waals surface area contributed by atoms with Crippen molar-refractivity contribution in [2.75, 3.05) is 11.9 Å². The monoisotopic (exact) mass is 471 g/mol. The van der Waals surface area contributed by atoms with Crippen LogP contribution < -0.4 is 11.1 Å². The smallest absolute Gasteiger partial charge is 0.193 e. The van der Waals surface area contributed by atoms with Gasteiger partial charge in [0.1, 0.15) is 11.4 Å². The first kappa shape index (κ1) is 22.4. The van der Waals surface area contributed by atoms with Gasteiger partial charge in [0.05, 0.1) is 6.54 Å². The van der Waals surface area contributed by atoms with Crippen LogP contribution in [0.15, 0.2) is 53.5 Å². The van der Waals surface area contributed by atoms with Gasteiger partial charge in [-0.25, -0.2) is 9.38 Å². The number of hydrogen-bond acceptors (Lipinski definition) is 2. The molecule has 0 aliphatic heterocycles. The van der Waals surface area contributed by atoms with E-state index in [0.29, 0.717) is 11.5 Å². The highest BCUT2D eigenvalue weighted by atomic mass is 127. The number of anilines is 1. The predicted molar refractivity (Wildman–Crippen MR) is 117 cm³/mol. The summed E-state index contributed by atoms with van der Waals surface area (Å²) in [6.07, 6.45) is 1.09. The van der Waals surface area contributed by atoms with Crippen molar-refractivity contribution in [1.29, 1.82) is 0 Å². The van der Waals surface area contributed by atoms with Crippen LogP contribution in [0.1, 0.15) is 44.2 Å². The van der Waals surface area contributed by atoms with Gasteiger partial charge in [-0.3, -0.25) is 0 Å². The van der Waals surface area contributed by atoms with Crippen LogP contribution >= 0.6 is 24.0 Å². The van der Waals surface area contributed by atoms with Gasteiger partial charge in [-0.2, -0.15) is 0 Å². The van der Waals surface area contributed by atoms with Gasteiger partial charge in [0, 0.05) is 5.69 Å². The molecule has 4 nitrogen and oxygen atoms in total. The molecule has 0 amide bonds. The van der Waals surface area contributed by atoms with Crippen molar-refractivity contribution in [1.82, 2.24) is 0 Å². The SMILES string of the molecule is CCC(C)c1ccc(NC(N)=NCC(C)(O)c2ccc(F)cc2)cc1.I. The summed E-state index contributed by atoms with van der Waals surface area (Å²) >= 11 is 0. The lowest BCUT2D eigenvalue weighted by Gasteiger charge is -2.22. The van der Waals surface area contributed by atoms with Crippen LogP contribution in [0.4, 0.5) is 10.1 Å². The van der Waals surface area contributed by atoms with E-state index < -0.39 is 5.60 Å². The largest absolute Gasteiger partial charge is 0.384 e. The molecule has 2 aromatic rings. The van der Waals surface area contributed by atoms with Crippen LogP contribution in [-0.2, 0) is 5.60 Å². The quantitative estimate of drug-likeness (QED) is 0.328. The molecule has 6 heteroatoms. The second kappa shape index (κ2) is 9.87. The number of guanidine groups is 1. The number of nitrogens with zero attached hydrogens (tertiary/aromatic N) is 1. The topological polar surface area (TPSA) is 70.6 Å². The van der Waals surface area contributed by atoms with Crippen molar-refractivity contribution >= 4 is 35.6 Å². The van der Waals surface area contributed by atoms with E-state index in [2.05, 4.69) is 36.3 Å². The summed E-state index contributed by atoms with van der Waals surface area (Å²) in [5.74, 6) is 0.398. The molecule has 0 radical (unpaired) electrons. The molecule has 2 atom stereocenters. The molecule has 2 aromatic carbocycles. The molecule has 142 valence electrons. The summed E-state index contributed by atoms with van der Waals surface area (Å²) in [6, 6.07) is 13.8. The third-order valence-electron chi connectivity index (χ3n) is 4.39. The van der Waals surface area contributed by atoms with Crippen molar-refractivity contribution in [2.24, 2.45) is 10.7 Å². The average molecular weight is 471 g/mol. The van der Waals surface area contributed by atoms with E-state index >= 15 is 0 Å². The lowest BCUT2D eigenvalue weighted by molar-refractivity contribution is 0.0673. The first-order valence-electron chi connectivity index (χ1n) is 8.47. The number of hydrogen-bond donors (Lipinski definition) is 3. The fraction of sp³-hybridized carbons (Fsp3) is 0.350. The van der Waals surface area contributed by atoms with Crippen LogP contribution in [0, 0.1) is 5.82 Å². The summed E-state index contributed by atoms with van der Waals surface area (Å²) in [6.45, 7) is 6.05. The number of aliphatic imine (C=N–C) groups is 1. The normalized spacial score (nSPS) is 14.9. The molecule has 0 heterocycles. The summed E-state index contributed by atoms with van der Waals surface area (Å²) in [7, 11) is 0. The number of aliphatic hydroxyl groups is 1. The molecule has 2 rings (SSSR count). The third kappa shape index (κ3) is 6.25. The highest BCUT2D eigenvalue weighted by molar-refractivity contribution is 14.0. The van der Waals surface area contributed by atoms with E-state index in [-0.39, 0.29) is 42.3 Å². The molecule has 0 bridgehead atoms. The Balaban J connectivity index is 0.00000338. The lowest BCUT2D eigenvalue weighted by atomic mass is 9.96. The fourth-order valence-electron chi connectivity index (χ4n) is 2.46. The van der Waals surface area contributed by atoms with E-state index in [0.717, 1.165) is 12.1 Å². The number of nitrogens with two attached hydrogens (primary N) is 1. The molecule has 0 aromatic heterocycles. The lowest BCUT2D eigenvalue weighted by Crippen LogP contribution is -2.29. The van der Waals surface area contributed by atoms with Gasteiger partial charge in [-0.15, -0.1) is 24.0 Å². The maximum atomic E-state index is 13.0. The van der Waals surface area contributed by atoms with Crippen molar-refractivity contribution in [3.8, 4) is 0 Å². The Morgan fingerprint density at radius 3 is 2.31 bits per heavy atom. The summed E-state index contributed by atoms with van der Waals surface area (Å²) in [5.41, 5.74) is 7.39. The van der Waals surface area contributed by atoms with Crippen molar-refractivity contribution in [3.05, 3.63) is 65.5 Å². The Morgan fingerprint density at radius 1 is 1.19 bits per heavy atom. The predicted octanol–water partition coefficient (Wildman–Crippen LogP) is 4.59. The molecule has 2 unspecified atom stereocenters. The van der Waals surface area contributed by atoms with E-state index in [1.165, 1.54) is 17.7 Å². The Morgan fingerprint density at radius 2 is 1.77 bits per heavy atom. The molecule has 0 aliphatic carbocycles. The van der Waals surface area contributed by atoms with Gasteiger partial charge in [0.2, 0.25) is 0 Å². The Bertz CT molecular complexity index is 715. The molecule has 4 N–H and O–H groups in total. The minimum Gasteiger partial charge on any atom is -0.384 e. The summed E-state index contributed by atoms with van der Waals surface area (Å²) in [5, 5.41) is 13.5. The molecule has 0 fully saturated rings. The van der Waals surface area contributed by atoms with E-state index in [9.17, 15) is 9.50 Å². The zero-order valence-corrected chi connectivity index (χ0v) is 17.7. The Hall–Kier alpha value is -1.67. The van der Waals surface area contributed by atoms with Gasteiger partial charge in [-0.05, 0) is 54.7 Å². The minimum absolute atomic E-state index is 0. The average Bonchev–Trinajstić information content (AvgIpc) is 2.60. The van der Waals surface area contributed by atoms with Gasteiger partial charge in [-0.1, -0.05) is 38.1 Å². The zero-order chi connectivity index (χ0) is 18.4. The summed E-state index contributed by atoms with van der Waals surface area (Å²) in [4.78, 5) is 4.20. The van der Waals surface area contributed by atoms with Gasteiger partial charge in [0.25, 0.3) is 0 Å². The van der Waals surface area contributed by atoms with Gasteiger partial charge >= 0.3 is 0 Å². The molecular weight excluding hydrogens is 444 g/mol. The Kier molecular flexibility index (Phi) is 8.49. The molecule has 0 saturated heterocycles. The highest BCUT2D eigenvalue weighted by Gasteiger charge is 2.22. The minimum atomic E-state index is -1.22. The van der Waals surface area contributed by atoms with Crippen molar-refractivity contribution in [3.63, 3.8) is 0 Å². The fourth-order valence-corrected chi connectivity index (χ4v) is 2.46. The molecule has 0 aliphatic rings. The maximum Gasteiger partial charge on any atom is 0.193 e. The Labute approximate surface area is 171 Å². The number of nitrogens with one attached hydrogen (secondary N) is 1. The van der Waals surface area contributed by atoms with Gasteiger partial charge in [0.15, 0.2) is 5.96 Å². The highest BCUT2D eigenvalue weighted by Crippen LogP contribution is 2.22. The van der Waals surface area contributed by atoms with E-state index in [1.807, 2.05) is 12.1 Å². The van der Waals surface area contributed by atoms with Crippen LogP contribution in [0.25, 0.3) is 0 Å². The van der Waals surface area contributed by atoms with Crippen LogP contribution in [0.5, 0.6) is 0 Å². The summed E-state index contributed by atoms with van der Waals surface area (Å²) < 4.78 is 13.0.